The summed E-state index contributed by atoms with van der Waals surface area (Å²) in [5.41, 5.74) is 9.48. The first-order chi connectivity index (χ1) is 19.9. The van der Waals surface area contributed by atoms with Crippen molar-refractivity contribution in [2.24, 2.45) is 0 Å². The van der Waals surface area contributed by atoms with Gasteiger partial charge in [0.05, 0.1) is 32.5 Å². The minimum atomic E-state index is 0.165. The molecule has 0 saturated carbocycles. The molecule has 0 spiro atoms. The Labute approximate surface area is 245 Å². The topological polar surface area (TPSA) is 106 Å². The van der Waals surface area contributed by atoms with Gasteiger partial charge in [0.15, 0.2) is 5.65 Å². The lowest BCUT2D eigenvalue weighted by Crippen LogP contribution is -2.46. The first-order valence-corrected chi connectivity index (χ1v) is 14.3. The van der Waals surface area contributed by atoms with Gasteiger partial charge in [0.2, 0.25) is 5.62 Å². The zero-order chi connectivity index (χ0) is 28.2. The van der Waals surface area contributed by atoms with E-state index in [0.29, 0.717) is 32.5 Å². The van der Waals surface area contributed by atoms with E-state index in [1.165, 1.54) is 10.5 Å². The van der Waals surface area contributed by atoms with E-state index >= 15 is 0 Å². The van der Waals surface area contributed by atoms with Gasteiger partial charge in [-0.25, -0.2) is 4.98 Å². The van der Waals surface area contributed by atoms with Crippen molar-refractivity contribution in [2.75, 3.05) is 43.0 Å². The van der Waals surface area contributed by atoms with E-state index in [2.05, 4.69) is 54.3 Å². The number of aromatic amines is 1. The van der Waals surface area contributed by atoms with Crippen molar-refractivity contribution in [3.05, 3.63) is 76.2 Å². The van der Waals surface area contributed by atoms with Crippen LogP contribution in [0.2, 0.25) is 10.0 Å². The molecule has 1 aliphatic heterocycles. The fourth-order valence-corrected chi connectivity index (χ4v) is 6.29. The predicted molar refractivity (Wildman–Crippen MR) is 164 cm³/mol. The van der Waals surface area contributed by atoms with Gasteiger partial charge in [0, 0.05) is 49.0 Å². The molecule has 5 heterocycles. The molecule has 0 radical (unpaired) electrons. The lowest BCUT2D eigenvalue weighted by Gasteiger charge is -2.35. The van der Waals surface area contributed by atoms with E-state index in [9.17, 15) is 0 Å². The summed E-state index contributed by atoms with van der Waals surface area (Å²) >= 11 is 13.6. The number of halogens is 2. The number of anilines is 2. The summed E-state index contributed by atoms with van der Waals surface area (Å²) in [6, 6.07) is 15.8. The Morgan fingerprint density at radius 1 is 1.02 bits per heavy atom. The van der Waals surface area contributed by atoms with Crippen molar-refractivity contribution in [1.82, 2.24) is 34.1 Å². The number of fused-ring (bicyclic) bond motifs is 4. The van der Waals surface area contributed by atoms with Crippen LogP contribution in [0.5, 0.6) is 0 Å². The molecular formula is C29H28Cl2N10. The van der Waals surface area contributed by atoms with Gasteiger partial charge >= 0.3 is 0 Å². The largest absolute Gasteiger partial charge is 0.369 e. The Hall–Kier alpha value is -4.12. The Morgan fingerprint density at radius 3 is 2.56 bits per heavy atom. The molecule has 0 atom stereocenters. The highest BCUT2D eigenvalue weighted by Gasteiger charge is 2.20. The number of hydrogen-bond donors (Lipinski definition) is 3. The number of likely N-dealkylation sites (N-methyl/N-ethyl adjacent to an activating group) is 1. The average Bonchev–Trinajstić information content (AvgIpc) is 3.52. The summed E-state index contributed by atoms with van der Waals surface area (Å²) in [5, 5.41) is 15.3. The second kappa shape index (κ2) is 10.1. The number of nitrogens with zero attached hydrogens (tertiary/aromatic N) is 7. The summed E-state index contributed by atoms with van der Waals surface area (Å²) in [5.74, 6) is 0.751. The maximum absolute atomic E-state index is 8.96. The average molecular weight is 588 g/mol. The molecule has 0 aliphatic carbocycles. The normalized spacial score (nSPS) is 14.5. The van der Waals surface area contributed by atoms with Gasteiger partial charge in [-0.2, -0.15) is 0 Å². The third-order valence-corrected chi connectivity index (χ3v) is 8.43. The number of rotatable bonds is 5. The second-order valence-corrected chi connectivity index (χ2v) is 11.0. The molecule has 0 amide bonds. The molecule has 3 N–H and O–H groups in total. The number of piperazine rings is 1. The monoisotopic (exact) mass is 586 g/mol. The van der Waals surface area contributed by atoms with Crippen LogP contribution >= 0.6 is 23.2 Å². The summed E-state index contributed by atoms with van der Waals surface area (Å²) in [4.78, 5) is 18.7. The summed E-state index contributed by atoms with van der Waals surface area (Å²) in [7, 11) is 0. The number of hydrogen-bond acceptors (Lipinski definition) is 7. The molecule has 208 valence electrons. The Kier molecular flexibility index (Phi) is 6.33. The van der Waals surface area contributed by atoms with E-state index in [1.807, 2.05) is 43.3 Å². The van der Waals surface area contributed by atoms with Crippen LogP contribution in [0, 0.1) is 12.3 Å². The lowest BCUT2D eigenvalue weighted by atomic mass is 10.1. The number of H-pyrrole nitrogens is 1. The zero-order valence-electron chi connectivity index (χ0n) is 22.6. The molecule has 0 unspecified atom stereocenters. The number of pyridine rings is 2. The van der Waals surface area contributed by atoms with Crippen LogP contribution in [-0.2, 0) is 0 Å². The van der Waals surface area contributed by atoms with Gasteiger partial charge in [0.1, 0.15) is 11.3 Å². The highest BCUT2D eigenvalue weighted by atomic mass is 35.5. The van der Waals surface area contributed by atoms with Crippen molar-refractivity contribution in [3.8, 4) is 11.3 Å². The highest BCUT2D eigenvalue weighted by molar-refractivity contribution is 6.43. The van der Waals surface area contributed by atoms with Gasteiger partial charge in [-0.1, -0.05) is 30.1 Å². The number of aryl methyl sites for hydroxylation is 1. The Bertz CT molecular complexity index is 1980. The molecule has 7 rings (SSSR count). The minimum absolute atomic E-state index is 0.165. The molecular weight excluding hydrogens is 559 g/mol. The van der Waals surface area contributed by atoms with Gasteiger partial charge in [-0.3, -0.25) is 20.2 Å². The first kappa shape index (κ1) is 25.8. The van der Waals surface area contributed by atoms with Gasteiger partial charge < -0.3 is 14.8 Å². The third kappa shape index (κ3) is 4.39. The smallest absolute Gasteiger partial charge is 0.245 e. The summed E-state index contributed by atoms with van der Waals surface area (Å²) < 4.78 is 1.77. The van der Waals surface area contributed by atoms with E-state index in [-0.39, 0.29) is 5.62 Å². The molecule has 1 saturated heterocycles. The number of imidazole rings is 1. The fourth-order valence-electron chi connectivity index (χ4n) is 5.61. The van der Waals surface area contributed by atoms with Gasteiger partial charge in [-0.15, -0.1) is 9.89 Å². The van der Waals surface area contributed by atoms with E-state index < -0.39 is 0 Å². The van der Waals surface area contributed by atoms with Crippen molar-refractivity contribution >= 4 is 62.2 Å². The highest BCUT2D eigenvalue weighted by Crippen LogP contribution is 2.41. The second-order valence-electron chi connectivity index (χ2n) is 10.2. The number of nitrogens with one attached hydrogen (secondary N) is 3. The van der Waals surface area contributed by atoms with Crippen molar-refractivity contribution in [2.45, 2.75) is 13.8 Å². The van der Waals surface area contributed by atoms with Crippen LogP contribution in [0.15, 0.2) is 54.7 Å². The molecule has 0 bridgehead atoms. The van der Waals surface area contributed by atoms with Crippen LogP contribution in [0.1, 0.15) is 12.7 Å². The molecule has 1 aliphatic rings. The van der Waals surface area contributed by atoms with Crippen LogP contribution in [0.3, 0.4) is 0 Å². The maximum atomic E-state index is 8.96. The van der Waals surface area contributed by atoms with Crippen LogP contribution < -0.4 is 15.9 Å². The summed E-state index contributed by atoms with van der Waals surface area (Å²) in [6.07, 6.45) is 1.69. The van der Waals surface area contributed by atoms with E-state index in [0.717, 1.165) is 60.7 Å². The Balaban J connectivity index is 1.24. The van der Waals surface area contributed by atoms with E-state index in [1.54, 1.807) is 10.6 Å². The molecule has 10 nitrogen and oxygen atoms in total. The molecule has 6 aromatic rings. The molecule has 12 heteroatoms. The van der Waals surface area contributed by atoms with Crippen LogP contribution in [0.4, 0.5) is 11.4 Å². The quantitative estimate of drug-likeness (QED) is 0.252. The maximum Gasteiger partial charge on any atom is 0.245 e. The molecule has 2 aromatic carbocycles. The van der Waals surface area contributed by atoms with Gasteiger partial charge in [-0.05, 0) is 62.0 Å². The number of aromatic nitrogens is 6. The standard InChI is InChI=1S/C29H28Cl2N10/c1-3-38-12-14-39(15-13-38)19-6-4-18(5-7-19)36-41-29(32)40-23-10-11-33-27(20(23)8-9-24(40)37-41)25-21(30)16-22-28(26(25)31)35-17(2)34-22/h4-11,16,32,36H,3,12-15H2,1-2H3,(H,34,35). The third-order valence-electron chi connectivity index (χ3n) is 7.76. The van der Waals surface area contributed by atoms with Crippen LogP contribution in [0.25, 0.3) is 38.8 Å². The predicted octanol–water partition coefficient (Wildman–Crippen LogP) is 5.34. The summed E-state index contributed by atoms with van der Waals surface area (Å²) in [6.45, 7) is 9.38. The Morgan fingerprint density at radius 2 is 1.80 bits per heavy atom. The zero-order valence-corrected chi connectivity index (χ0v) is 24.1. The fraction of sp³-hybridized carbons (Fsp3) is 0.241. The molecule has 1 fully saturated rings. The van der Waals surface area contributed by atoms with Crippen molar-refractivity contribution < 1.29 is 0 Å². The van der Waals surface area contributed by atoms with Crippen molar-refractivity contribution in [3.63, 3.8) is 0 Å². The molecule has 41 heavy (non-hydrogen) atoms. The lowest BCUT2D eigenvalue weighted by molar-refractivity contribution is 0.271. The number of benzene rings is 2. The van der Waals surface area contributed by atoms with Gasteiger partial charge in [0.25, 0.3) is 0 Å². The molecule has 4 aromatic heterocycles. The van der Waals surface area contributed by atoms with Crippen molar-refractivity contribution in [1.29, 1.82) is 5.41 Å². The minimum Gasteiger partial charge on any atom is -0.369 e. The first-order valence-electron chi connectivity index (χ1n) is 13.5. The van der Waals surface area contributed by atoms with Crippen LogP contribution in [-0.4, -0.2) is 66.9 Å². The SMILES string of the molecule is CCN1CCN(c2ccc(Nn3nc4ccc5c(-c6c(Cl)cc7[nH]c(C)nc7c6Cl)nccc5n4c3=N)cc2)CC1. The van der Waals surface area contributed by atoms with E-state index in [4.69, 9.17) is 28.6 Å².